The lowest BCUT2D eigenvalue weighted by molar-refractivity contribution is -0.139. The number of rotatable bonds is 4. The lowest BCUT2D eigenvalue weighted by atomic mass is 9.98. The standard InChI is InChI=1S/C14H19NO3/c1-11-10-18-8-7-15(11)9-13(14(16)17)12-5-3-2-4-6-12/h2-6,11,13H,7-10H2,1H3,(H,16,17). The Labute approximate surface area is 107 Å². The summed E-state index contributed by atoms with van der Waals surface area (Å²) < 4.78 is 5.37. The topological polar surface area (TPSA) is 49.8 Å². The summed E-state index contributed by atoms with van der Waals surface area (Å²) >= 11 is 0. The van der Waals surface area contributed by atoms with E-state index >= 15 is 0 Å². The van der Waals surface area contributed by atoms with Crippen LogP contribution in [0.2, 0.25) is 0 Å². The van der Waals surface area contributed by atoms with E-state index in [0.29, 0.717) is 19.8 Å². The molecular formula is C14H19NO3. The van der Waals surface area contributed by atoms with Gasteiger partial charge in [-0.1, -0.05) is 30.3 Å². The second kappa shape index (κ2) is 5.98. The summed E-state index contributed by atoms with van der Waals surface area (Å²) in [6.07, 6.45) is 0. The van der Waals surface area contributed by atoms with Crippen molar-refractivity contribution in [2.75, 3.05) is 26.3 Å². The van der Waals surface area contributed by atoms with Gasteiger partial charge in [-0.15, -0.1) is 0 Å². The average molecular weight is 249 g/mol. The smallest absolute Gasteiger partial charge is 0.312 e. The molecule has 0 spiro atoms. The van der Waals surface area contributed by atoms with Gasteiger partial charge >= 0.3 is 5.97 Å². The van der Waals surface area contributed by atoms with Crippen LogP contribution in [0.25, 0.3) is 0 Å². The van der Waals surface area contributed by atoms with Crippen LogP contribution in [0.3, 0.4) is 0 Å². The zero-order valence-electron chi connectivity index (χ0n) is 10.6. The van der Waals surface area contributed by atoms with Crippen molar-refractivity contribution in [3.8, 4) is 0 Å². The van der Waals surface area contributed by atoms with Crippen LogP contribution in [0.1, 0.15) is 18.4 Å². The quantitative estimate of drug-likeness (QED) is 0.880. The van der Waals surface area contributed by atoms with Gasteiger partial charge in [-0.3, -0.25) is 9.69 Å². The number of hydrogen-bond acceptors (Lipinski definition) is 3. The zero-order chi connectivity index (χ0) is 13.0. The molecule has 1 saturated heterocycles. The van der Waals surface area contributed by atoms with Gasteiger partial charge in [-0.05, 0) is 12.5 Å². The minimum atomic E-state index is -0.764. The molecule has 0 amide bonds. The van der Waals surface area contributed by atoms with E-state index in [4.69, 9.17) is 4.74 Å². The van der Waals surface area contributed by atoms with Crippen LogP contribution in [0.4, 0.5) is 0 Å². The summed E-state index contributed by atoms with van der Waals surface area (Å²) in [5.41, 5.74) is 0.865. The van der Waals surface area contributed by atoms with Crippen molar-refractivity contribution in [3.05, 3.63) is 35.9 Å². The number of morpholine rings is 1. The molecule has 1 aromatic rings. The van der Waals surface area contributed by atoms with Gasteiger partial charge in [0.1, 0.15) is 0 Å². The summed E-state index contributed by atoms with van der Waals surface area (Å²) in [5.74, 6) is -1.23. The highest BCUT2D eigenvalue weighted by Crippen LogP contribution is 2.19. The third kappa shape index (κ3) is 3.09. The Morgan fingerprint density at radius 3 is 2.83 bits per heavy atom. The lowest BCUT2D eigenvalue weighted by Gasteiger charge is -2.34. The van der Waals surface area contributed by atoms with Gasteiger partial charge in [0.25, 0.3) is 0 Å². The van der Waals surface area contributed by atoms with Gasteiger partial charge < -0.3 is 9.84 Å². The fourth-order valence-electron chi connectivity index (χ4n) is 2.28. The van der Waals surface area contributed by atoms with Gasteiger partial charge in [-0.25, -0.2) is 0 Å². The number of carbonyl (C=O) groups is 1. The number of benzene rings is 1. The Morgan fingerprint density at radius 2 is 2.22 bits per heavy atom. The summed E-state index contributed by atoms with van der Waals surface area (Å²) in [5, 5.41) is 9.39. The van der Waals surface area contributed by atoms with Crippen LogP contribution in [-0.4, -0.2) is 48.3 Å². The van der Waals surface area contributed by atoms with Crippen molar-refractivity contribution in [3.63, 3.8) is 0 Å². The number of ether oxygens (including phenoxy) is 1. The highest BCUT2D eigenvalue weighted by atomic mass is 16.5. The molecule has 18 heavy (non-hydrogen) atoms. The average Bonchev–Trinajstić information content (AvgIpc) is 2.38. The Balaban J connectivity index is 2.09. The first kappa shape index (κ1) is 13.1. The third-order valence-corrected chi connectivity index (χ3v) is 3.42. The first-order chi connectivity index (χ1) is 8.68. The number of aliphatic carboxylic acids is 1. The first-order valence-corrected chi connectivity index (χ1v) is 6.28. The molecule has 4 nitrogen and oxygen atoms in total. The van der Waals surface area contributed by atoms with Crippen LogP contribution in [-0.2, 0) is 9.53 Å². The van der Waals surface area contributed by atoms with Gasteiger partial charge in [0.15, 0.2) is 0 Å². The number of carboxylic acids is 1. The molecule has 2 unspecified atom stereocenters. The molecular weight excluding hydrogens is 230 g/mol. The molecule has 4 heteroatoms. The Kier molecular flexibility index (Phi) is 4.33. The maximum absolute atomic E-state index is 11.4. The van der Waals surface area contributed by atoms with E-state index in [2.05, 4.69) is 11.8 Å². The predicted molar refractivity (Wildman–Crippen MR) is 68.7 cm³/mol. The van der Waals surface area contributed by atoms with Crippen molar-refractivity contribution in [2.45, 2.75) is 18.9 Å². The molecule has 1 aliphatic rings. The Morgan fingerprint density at radius 1 is 1.50 bits per heavy atom. The highest BCUT2D eigenvalue weighted by molar-refractivity contribution is 5.76. The minimum absolute atomic E-state index is 0.282. The molecule has 0 aliphatic carbocycles. The maximum Gasteiger partial charge on any atom is 0.312 e. The van der Waals surface area contributed by atoms with Gasteiger partial charge in [0, 0.05) is 19.1 Å². The molecule has 1 heterocycles. The van der Waals surface area contributed by atoms with E-state index in [1.807, 2.05) is 30.3 Å². The SMILES string of the molecule is CC1COCCN1CC(C(=O)O)c1ccccc1. The van der Waals surface area contributed by atoms with Crippen molar-refractivity contribution in [1.29, 1.82) is 0 Å². The fraction of sp³-hybridized carbons (Fsp3) is 0.500. The van der Waals surface area contributed by atoms with Crippen LogP contribution in [0, 0.1) is 0 Å². The highest BCUT2D eigenvalue weighted by Gasteiger charge is 2.27. The Hall–Kier alpha value is -1.39. The molecule has 1 fully saturated rings. The minimum Gasteiger partial charge on any atom is -0.481 e. The van der Waals surface area contributed by atoms with Crippen molar-refractivity contribution >= 4 is 5.97 Å². The zero-order valence-corrected chi connectivity index (χ0v) is 10.6. The van der Waals surface area contributed by atoms with Gasteiger partial charge in [0.2, 0.25) is 0 Å². The molecule has 2 rings (SSSR count). The number of hydrogen-bond donors (Lipinski definition) is 1. The molecule has 1 N–H and O–H groups in total. The van der Waals surface area contributed by atoms with Crippen LogP contribution in [0.15, 0.2) is 30.3 Å². The van der Waals surface area contributed by atoms with Crippen molar-refractivity contribution < 1.29 is 14.6 Å². The fourth-order valence-corrected chi connectivity index (χ4v) is 2.28. The molecule has 0 aromatic heterocycles. The van der Waals surface area contributed by atoms with Gasteiger partial charge in [-0.2, -0.15) is 0 Å². The van der Waals surface area contributed by atoms with E-state index in [-0.39, 0.29) is 6.04 Å². The lowest BCUT2D eigenvalue weighted by Crippen LogP contribution is -2.46. The summed E-state index contributed by atoms with van der Waals surface area (Å²) in [4.78, 5) is 13.6. The number of nitrogens with zero attached hydrogens (tertiary/aromatic N) is 1. The second-order valence-electron chi connectivity index (χ2n) is 4.72. The summed E-state index contributed by atoms with van der Waals surface area (Å²) in [7, 11) is 0. The van der Waals surface area contributed by atoms with Crippen LogP contribution in [0.5, 0.6) is 0 Å². The summed E-state index contributed by atoms with van der Waals surface area (Å²) in [6.45, 7) is 4.79. The van der Waals surface area contributed by atoms with E-state index in [9.17, 15) is 9.90 Å². The molecule has 0 saturated carbocycles. The largest absolute Gasteiger partial charge is 0.481 e. The van der Waals surface area contributed by atoms with E-state index in [0.717, 1.165) is 12.1 Å². The molecule has 98 valence electrons. The Bertz CT molecular complexity index is 393. The van der Waals surface area contributed by atoms with E-state index < -0.39 is 11.9 Å². The third-order valence-electron chi connectivity index (χ3n) is 3.42. The van der Waals surface area contributed by atoms with Crippen molar-refractivity contribution in [2.24, 2.45) is 0 Å². The molecule has 2 atom stereocenters. The second-order valence-corrected chi connectivity index (χ2v) is 4.72. The molecule has 0 bridgehead atoms. The van der Waals surface area contributed by atoms with Crippen LogP contribution >= 0.6 is 0 Å². The molecule has 1 aromatic carbocycles. The van der Waals surface area contributed by atoms with Crippen LogP contribution < -0.4 is 0 Å². The van der Waals surface area contributed by atoms with E-state index in [1.165, 1.54) is 0 Å². The molecule has 1 aliphatic heterocycles. The molecule has 0 radical (unpaired) electrons. The van der Waals surface area contributed by atoms with Gasteiger partial charge in [0.05, 0.1) is 19.1 Å². The first-order valence-electron chi connectivity index (χ1n) is 6.28. The maximum atomic E-state index is 11.4. The predicted octanol–water partition coefficient (Wildman–Crippen LogP) is 1.58. The normalized spacial score (nSPS) is 22.6. The summed E-state index contributed by atoms with van der Waals surface area (Å²) in [6, 6.07) is 9.71. The number of carboxylic acid groups (broad SMARTS) is 1. The van der Waals surface area contributed by atoms with E-state index in [1.54, 1.807) is 0 Å². The van der Waals surface area contributed by atoms with Crippen molar-refractivity contribution in [1.82, 2.24) is 4.90 Å². The monoisotopic (exact) mass is 249 g/mol.